The van der Waals surface area contributed by atoms with Crippen LogP contribution >= 0.6 is 0 Å². The summed E-state index contributed by atoms with van der Waals surface area (Å²) in [4.78, 5) is 12.8. The molecule has 1 amide bonds. The van der Waals surface area contributed by atoms with Gasteiger partial charge in [-0.15, -0.1) is 0 Å². The zero-order chi connectivity index (χ0) is 16.2. The summed E-state index contributed by atoms with van der Waals surface area (Å²) in [5.41, 5.74) is 3.09. The summed E-state index contributed by atoms with van der Waals surface area (Å²) in [5.74, 6) is 1.21. The summed E-state index contributed by atoms with van der Waals surface area (Å²) in [7, 11) is 3.19. The number of anilines is 1. The highest BCUT2D eigenvalue weighted by atomic mass is 16.5. The Labute approximate surface area is 136 Å². The minimum atomic E-state index is -0.105. The third-order valence-electron chi connectivity index (χ3n) is 4.35. The van der Waals surface area contributed by atoms with E-state index in [-0.39, 0.29) is 11.8 Å². The van der Waals surface area contributed by atoms with Crippen LogP contribution in [0.25, 0.3) is 0 Å². The predicted octanol–water partition coefficient (Wildman–Crippen LogP) is 3.76. The van der Waals surface area contributed by atoms with Crippen LogP contribution in [-0.4, -0.2) is 20.1 Å². The summed E-state index contributed by atoms with van der Waals surface area (Å²) in [6.07, 6.45) is 2.96. The molecule has 0 bridgehead atoms. The van der Waals surface area contributed by atoms with Crippen molar-refractivity contribution in [2.45, 2.75) is 25.2 Å². The largest absolute Gasteiger partial charge is 0.497 e. The third kappa shape index (κ3) is 3.16. The number of fused-ring (bicyclic) bond motifs is 1. The van der Waals surface area contributed by atoms with Crippen LogP contribution in [0, 0.1) is 0 Å². The molecule has 0 radical (unpaired) electrons. The molecule has 4 nitrogen and oxygen atoms in total. The van der Waals surface area contributed by atoms with Gasteiger partial charge in [-0.2, -0.15) is 0 Å². The van der Waals surface area contributed by atoms with E-state index in [1.807, 2.05) is 24.3 Å². The number of ether oxygens (including phenoxy) is 2. The summed E-state index contributed by atoms with van der Waals surface area (Å²) in [5, 5.41) is 3.00. The Morgan fingerprint density at radius 3 is 2.74 bits per heavy atom. The van der Waals surface area contributed by atoms with Gasteiger partial charge in [0.1, 0.15) is 11.5 Å². The van der Waals surface area contributed by atoms with E-state index in [0.29, 0.717) is 17.2 Å². The number of carbonyl (C=O) groups excluding carboxylic acids is 1. The highest BCUT2D eigenvalue weighted by Crippen LogP contribution is 2.34. The number of nitrogens with one attached hydrogen (secondary N) is 1. The van der Waals surface area contributed by atoms with E-state index >= 15 is 0 Å². The fourth-order valence-electron chi connectivity index (χ4n) is 3.15. The van der Waals surface area contributed by atoms with Crippen LogP contribution in [0.5, 0.6) is 11.5 Å². The Kier molecular flexibility index (Phi) is 4.51. The molecule has 0 saturated carbocycles. The van der Waals surface area contributed by atoms with Gasteiger partial charge in [-0.25, -0.2) is 0 Å². The predicted molar refractivity (Wildman–Crippen MR) is 90.3 cm³/mol. The van der Waals surface area contributed by atoms with Crippen LogP contribution in [0.3, 0.4) is 0 Å². The molecule has 1 unspecified atom stereocenters. The van der Waals surface area contributed by atoms with Crippen molar-refractivity contribution < 1.29 is 14.3 Å². The van der Waals surface area contributed by atoms with Crippen molar-refractivity contribution in [1.82, 2.24) is 0 Å². The fourth-order valence-corrected chi connectivity index (χ4v) is 3.15. The average Bonchev–Trinajstić information content (AvgIpc) is 2.61. The van der Waals surface area contributed by atoms with Crippen LogP contribution in [0.4, 0.5) is 5.69 Å². The van der Waals surface area contributed by atoms with Crippen molar-refractivity contribution in [3.8, 4) is 11.5 Å². The van der Waals surface area contributed by atoms with E-state index < -0.39 is 0 Å². The van der Waals surface area contributed by atoms with Gasteiger partial charge < -0.3 is 14.8 Å². The minimum Gasteiger partial charge on any atom is -0.497 e. The number of hydrogen-bond donors (Lipinski definition) is 1. The van der Waals surface area contributed by atoms with E-state index in [4.69, 9.17) is 9.47 Å². The quantitative estimate of drug-likeness (QED) is 0.935. The molecular formula is C19H21NO3. The van der Waals surface area contributed by atoms with Crippen LogP contribution in [0.15, 0.2) is 42.5 Å². The molecule has 120 valence electrons. The van der Waals surface area contributed by atoms with Crippen LogP contribution < -0.4 is 14.8 Å². The van der Waals surface area contributed by atoms with Gasteiger partial charge in [0.2, 0.25) is 5.91 Å². The molecular weight excluding hydrogens is 290 g/mol. The lowest BCUT2D eigenvalue weighted by Gasteiger charge is -2.25. The molecule has 1 N–H and O–H groups in total. The monoisotopic (exact) mass is 311 g/mol. The van der Waals surface area contributed by atoms with E-state index in [1.165, 1.54) is 5.56 Å². The molecule has 1 aliphatic carbocycles. The van der Waals surface area contributed by atoms with Crippen LogP contribution in [-0.2, 0) is 11.2 Å². The Morgan fingerprint density at radius 2 is 1.96 bits per heavy atom. The molecule has 23 heavy (non-hydrogen) atoms. The van der Waals surface area contributed by atoms with Gasteiger partial charge in [0.25, 0.3) is 0 Å². The van der Waals surface area contributed by atoms with Gasteiger partial charge in [0.05, 0.1) is 25.8 Å². The Balaban J connectivity index is 1.83. The van der Waals surface area contributed by atoms with Crippen LogP contribution in [0.1, 0.15) is 29.9 Å². The summed E-state index contributed by atoms with van der Waals surface area (Å²) < 4.78 is 10.5. The number of carbonyl (C=O) groups is 1. The summed E-state index contributed by atoms with van der Waals surface area (Å²) in [6.45, 7) is 0. The molecule has 0 fully saturated rings. The lowest BCUT2D eigenvalue weighted by atomic mass is 9.82. The molecule has 2 aromatic rings. The Morgan fingerprint density at radius 1 is 1.13 bits per heavy atom. The molecule has 4 heteroatoms. The maximum atomic E-state index is 12.8. The lowest BCUT2D eigenvalue weighted by molar-refractivity contribution is -0.117. The standard InChI is InChI=1S/C19H21NO3/c1-22-14-10-11-17(18(12-14)23-2)20-19(21)16-9-5-7-13-6-3-4-8-15(13)16/h3-4,6,8,10-12,16H,5,7,9H2,1-2H3,(H,20,21). The summed E-state index contributed by atoms with van der Waals surface area (Å²) >= 11 is 0. The summed E-state index contributed by atoms with van der Waals surface area (Å²) in [6, 6.07) is 13.6. The molecule has 0 aromatic heterocycles. The van der Waals surface area contributed by atoms with Gasteiger partial charge in [-0.3, -0.25) is 4.79 Å². The van der Waals surface area contributed by atoms with Crippen molar-refractivity contribution in [2.75, 3.05) is 19.5 Å². The lowest BCUT2D eigenvalue weighted by Crippen LogP contribution is -2.24. The normalized spacial score (nSPS) is 16.3. The first-order chi connectivity index (χ1) is 11.2. The number of aryl methyl sites for hydroxylation is 1. The zero-order valence-corrected chi connectivity index (χ0v) is 13.5. The number of rotatable bonds is 4. The second kappa shape index (κ2) is 6.73. The first kappa shape index (κ1) is 15.4. The minimum absolute atomic E-state index is 0.0145. The second-order valence-corrected chi connectivity index (χ2v) is 5.70. The molecule has 0 aliphatic heterocycles. The van der Waals surface area contributed by atoms with Gasteiger partial charge >= 0.3 is 0 Å². The van der Waals surface area contributed by atoms with E-state index in [9.17, 15) is 4.79 Å². The second-order valence-electron chi connectivity index (χ2n) is 5.70. The molecule has 0 saturated heterocycles. The molecule has 2 aromatic carbocycles. The first-order valence-electron chi connectivity index (χ1n) is 7.83. The maximum absolute atomic E-state index is 12.8. The van der Waals surface area contributed by atoms with Gasteiger partial charge in [-0.05, 0) is 42.5 Å². The first-order valence-corrected chi connectivity index (χ1v) is 7.83. The number of amides is 1. The van der Waals surface area contributed by atoms with Gasteiger partial charge in [0.15, 0.2) is 0 Å². The van der Waals surface area contributed by atoms with Crippen molar-refractivity contribution in [2.24, 2.45) is 0 Å². The highest BCUT2D eigenvalue weighted by molar-refractivity contribution is 5.97. The van der Waals surface area contributed by atoms with Gasteiger partial charge in [-0.1, -0.05) is 24.3 Å². The third-order valence-corrected chi connectivity index (χ3v) is 4.35. The average molecular weight is 311 g/mol. The van der Waals surface area contributed by atoms with Crippen molar-refractivity contribution in [3.63, 3.8) is 0 Å². The zero-order valence-electron chi connectivity index (χ0n) is 13.5. The maximum Gasteiger partial charge on any atom is 0.232 e. The van der Waals surface area contributed by atoms with E-state index in [0.717, 1.165) is 24.8 Å². The molecule has 0 heterocycles. The number of benzene rings is 2. The number of hydrogen-bond acceptors (Lipinski definition) is 3. The molecule has 1 atom stereocenters. The molecule has 0 spiro atoms. The van der Waals surface area contributed by atoms with Crippen LogP contribution in [0.2, 0.25) is 0 Å². The SMILES string of the molecule is COc1ccc(NC(=O)C2CCCc3ccccc32)c(OC)c1. The Hall–Kier alpha value is -2.49. The van der Waals surface area contributed by atoms with E-state index in [2.05, 4.69) is 17.4 Å². The fraction of sp³-hybridized carbons (Fsp3) is 0.316. The molecule has 1 aliphatic rings. The smallest absolute Gasteiger partial charge is 0.232 e. The molecule has 3 rings (SSSR count). The highest BCUT2D eigenvalue weighted by Gasteiger charge is 2.26. The topological polar surface area (TPSA) is 47.6 Å². The van der Waals surface area contributed by atoms with Crippen molar-refractivity contribution >= 4 is 11.6 Å². The Bertz CT molecular complexity index is 712. The number of methoxy groups -OCH3 is 2. The van der Waals surface area contributed by atoms with E-state index in [1.54, 1.807) is 20.3 Å². The van der Waals surface area contributed by atoms with Crippen molar-refractivity contribution in [3.05, 3.63) is 53.6 Å². The van der Waals surface area contributed by atoms with Gasteiger partial charge in [0, 0.05) is 6.07 Å². The van der Waals surface area contributed by atoms with Crippen molar-refractivity contribution in [1.29, 1.82) is 0 Å².